The highest BCUT2D eigenvalue weighted by molar-refractivity contribution is 6.12. The second-order valence-corrected chi connectivity index (χ2v) is 5.96. The van der Waals surface area contributed by atoms with Crippen molar-refractivity contribution in [1.82, 2.24) is 9.78 Å². The highest BCUT2D eigenvalue weighted by Gasteiger charge is 2.31. The normalized spacial score (nSPS) is 15.6. The minimum Gasteiger partial charge on any atom is -0.402 e. The van der Waals surface area contributed by atoms with E-state index in [2.05, 4.69) is 10.1 Å². The number of halogens is 3. The van der Waals surface area contributed by atoms with Gasteiger partial charge in [0.1, 0.15) is 0 Å². The van der Waals surface area contributed by atoms with E-state index in [1.54, 1.807) is 17.1 Å². The Morgan fingerprint density at radius 2 is 1.71 bits per heavy atom. The molecule has 0 saturated carbocycles. The van der Waals surface area contributed by atoms with Crippen LogP contribution in [-0.2, 0) is 15.7 Å². The van der Waals surface area contributed by atoms with Crippen LogP contribution in [-0.4, -0.2) is 21.6 Å². The van der Waals surface area contributed by atoms with Crippen LogP contribution in [0, 0.1) is 0 Å². The topological polar surface area (TPSA) is 56.5 Å². The van der Waals surface area contributed by atoms with Crippen LogP contribution < -0.4 is 0 Å². The molecule has 1 aromatic heterocycles. The predicted molar refractivity (Wildman–Crippen MR) is 95.6 cm³/mol. The first kappa shape index (κ1) is 17.7. The van der Waals surface area contributed by atoms with Gasteiger partial charge in [-0.3, -0.25) is 0 Å². The zero-order chi connectivity index (χ0) is 19.7. The van der Waals surface area contributed by atoms with Gasteiger partial charge in [0.15, 0.2) is 5.70 Å². The number of esters is 1. The number of cyclic esters (lactones) is 1. The lowest BCUT2D eigenvalue weighted by Gasteiger charge is -2.06. The number of hydrogen-bond acceptors (Lipinski definition) is 4. The maximum Gasteiger partial charge on any atom is 0.416 e. The maximum atomic E-state index is 12.7. The van der Waals surface area contributed by atoms with Crippen molar-refractivity contribution in [2.24, 2.45) is 4.99 Å². The number of aromatic nitrogens is 2. The molecule has 0 amide bonds. The fraction of sp³-hybridized carbons (Fsp3) is 0.0500. The molecule has 1 aliphatic heterocycles. The minimum atomic E-state index is -4.43. The Morgan fingerprint density at radius 3 is 2.39 bits per heavy atom. The first-order valence-corrected chi connectivity index (χ1v) is 8.20. The van der Waals surface area contributed by atoms with Gasteiger partial charge >= 0.3 is 12.1 Å². The summed E-state index contributed by atoms with van der Waals surface area (Å²) < 4.78 is 44.7. The lowest BCUT2D eigenvalue weighted by atomic mass is 10.1. The van der Waals surface area contributed by atoms with Crippen LogP contribution in [0.5, 0.6) is 0 Å². The van der Waals surface area contributed by atoms with Crippen LogP contribution in [0.2, 0.25) is 0 Å². The molecule has 2 aromatic carbocycles. The standard InChI is InChI=1S/C20H12F3N3O2/c21-20(22,23)15-8-6-14(7-9-15)18-25-17(19(27)28-18)10-13-11-24-26(12-13)16-4-2-1-3-5-16/h1-12H/b17-10-. The molecule has 0 spiro atoms. The van der Waals surface area contributed by atoms with Gasteiger partial charge in [-0.15, -0.1) is 0 Å². The van der Waals surface area contributed by atoms with E-state index in [0.29, 0.717) is 5.56 Å². The summed E-state index contributed by atoms with van der Waals surface area (Å²) in [7, 11) is 0. The molecule has 2 heterocycles. The number of hydrogen-bond donors (Lipinski definition) is 0. The maximum absolute atomic E-state index is 12.7. The number of aliphatic imine (C=N–C) groups is 1. The molecule has 0 bridgehead atoms. The average molecular weight is 383 g/mol. The summed E-state index contributed by atoms with van der Waals surface area (Å²) in [6.07, 6.45) is 0.364. The number of rotatable bonds is 3. The lowest BCUT2D eigenvalue weighted by molar-refractivity contribution is -0.137. The van der Waals surface area contributed by atoms with E-state index in [1.165, 1.54) is 18.2 Å². The Morgan fingerprint density at radius 1 is 1.00 bits per heavy atom. The van der Waals surface area contributed by atoms with Crippen molar-refractivity contribution >= 4 is 17.9 Å². The predicted octanol–water partition coefficient (Wildman–Crippen LogP) is 4.24. The molecule has 3 aromatic rings. The third kappa shape index (κ3) is 3.57. The van der Waals surface area contributed by atoms with Crippen molar-refractivity contribution in [2.75, 3.05) is 0 Å². The quantitative estimate of drug-likeness (QED) is 0.502. The third-order valence-corrected chi connectivity index (χ3v) is 4.01. The van der Waals surface area contributed by atoms with Crippen LogP contribution in [0.1, 0.15) is 16.7 Å². The van der Waals surface area contributed by atoms with Gasteiger partial charge in [0, 0.05) is 17.3 Å². The molecular weight excluding hydrogens is 371 g/mol. The summed E-state index contributed by atoms with van der Waals surface area (Å²) >= 11 is 0. The molecule has 0 atom stereocenters. The van der Waals surface area contributed by atoms with Crippen molar-refractivity contribution in [2.45, 2.75) is 6.18 Å². The number of benzene rings is 2. The summed E-state index contributed by atoms with van der Waals surface area (Å²) in [4.78, 5) is 16.1. The highest BCUT2D eigenvalue weighted by atomic mass is 19.4. The molecule has 8 heteroatoms. The van der Waals surface area contributed by atoms with Gasteiger partial charge in [-0.05, 0) is 42.5 Å². The van der Waals surface area contributed by atoms with E-state index in [1.807, 2.05) is 30.3 Å². The fourth-order valence-corrected chi connectivity index (χ4v) is 2.63. The number of carbonyl (C=O) groups is 1. The lowest BCUT2D eigenvalue weighted by Crippen LogP contribution is -2.08. The number of nitrogens with zero attached hydrogens (tertiary/aromatic N) is 3. The Balaban J connectivity index is 1.58. The molecule has 1 aliphatic rings. The monoisotopic (exact) mass is 383 g/mol. The van der Waals surface area contributed by atoms with Crippen LogP contribution in [0.3, 0.4) is 0 Å². The second kappa shape index (κ2) is 6.80. The summed E-state index contributed by atoms with van der Waals surface area (Å²) in [6, 6.07) is 13.7. The smallest absolute Gasteiger partial charge is 0.402 e. The van der Waals surface area contributed by atoms with Crippen molar-refractivity contribution in [3.05, 3.63) is 89.4 Å². The van der Waals surface area contributed by atoms with E-state index in [4.69, 9.17) is 4.74 Å². The first-order valence-electron chi connectivity index (χ1n) is 8.20. The van der Waals surface area contributed by atoms with Gasteiger partial charge < -0.3 is 4.74 Å². The average Bonchev–Trinajstić information content (AvgIpc) is 3.29. The summed E-state index contributed by atoms with van der Waals surface area (Å²) in [5, 5.41) is 4.23. The zero-order valence-corrected chi connectivity index (χ0v) is 14.2. The molecule has 0 N–H and O–H groups in total. The van der Waals surface area contributed by atoms with Crippen LogP contribution >= 0.6 is 0 Å². The Hall–Kier alpha value is -3.68. The molecule has 140 valence electrons. The Bertz CT molecular complexity index is 1080. The van der Waals surface area contributed by atoms with Crippen LogP contribution in [0.15, 0.2) is 77.7 Å². The SMILES string of the molecule is O=C1OC(c2ccc(C(F)(F)F)cc2)=N/C1=C\c1cnn(-c2ccccc2)c1. The summed E-state index contributed by atoms with van der Waals surface area (Å²) in [5.41, 5.74) is 1.03. The molecular formula is C20H12F3N3O2. The van der Waals surface area contributed by atoms with Crippen molar-refractivity contribution in [3.8, 4) is 5.69 Å². The highest BCUT2D eigenvalue weighted by Crippen LogP contribution is 2.29. The van der Waals surface area contributed by atoms with Crippen LogP contribution in [0.4, 0.5) is 13.2 Å². The van der Waals surface area contributed by atoms with Crippen molar-refractivity contribution < 1.29 is 22.7 Å². The van der Waals surface area contributed by atoms with E-state index in [9.17, 15) is 18.0 Å². The van der Waals surface area contributed by atoms with E-state index in [-0.39, 0.29) is 17.2 Å². The third-order valence-electron chi connectivity index (χ3n) is 4.01. The molecule has 0 aliphatic carbocycles. The summed E-state index contributed by atoms with van der Waals surface area (Å²) in [6.45, 7) is 0. The minimum absolute atomic E-state index is 0.0413. The van der Waals surface area contributed by atoms with E-state index in [0.717, 1.165) is 17.8 Å². The van der Waals surface area contributed by atoms with Crippen molar-refractivity contribution in [1.29, 1.82) is 0 Å². The van der Waals surface area contributed by atoms with Gasteiger partial charge in [0.2, 0.25) is 5.90 Å². The largest absolute Gasteiger partial charge is 0.416 e. The van der Waals surface area contributed by atoms with Gasteiger partial charge in [0.25, 0.3) is 0 Å². The molecule has 0 fully saturated rings. The second-order valence-electron chi connectivity index (χ2n) is 5.96. The Kier molecular flexibility index (Phi) is 4.31. The number of ether oxygens (including phenoxy) is 1. The molecule has 0 saturated heterocycles. The molecule has 0 unspecified atom stereocenters. The van der Waals surface area contributed by atoms with Crippen LogP contribution in [0.25, 0.3) is 11.8 Å². The van der Waals surface area contributed by atoms with Gasteiger partial charge in [-0.2, -0.15) is 18.3 Å². The number of carbonyl (C=O) groups excluding carboxylic acids is 1. The van der Waals surface area contributed by atoms with E-state index < -0.39 is 17.7 Å². The number of para-hydroxylation sites is 1. The zero-order valence-electron chi connectivity index (χ0n) is 14.2. The molecule has 5 nitrogen and oxygen atoms in total. The number of alkyl halides is 3. The van der Waals surface area contributed by atoms with Gasteiger partial charge in [-0.25, -0.2) is 14.5 Å². The van der Waals surface area contributed by atoms with Gasteiger partial charge in [-0.1, -0.05) is 18.2 Å². The molecule has 28 heavy (non-hydrogen) atoms. The Labute approximate surface area is 157 Å². The van der Waals surface area contributed by atoms with Gasteiger partial charge in [0.05, 0.1) is 17.4 Å². The first-order chi connectivity index (χ1) is 13.4. The molecule has 4 rings (SSSR count). The van der Waals surface area contributed by atoms with Crippen molar-refractivity contribution in [3.63, 3.8) is 0 Å². The van der Waals surface area contributed by atoms with E-state index >= 15 is 0 Å². The molecule has 0 radical (unpaired) electrons. The fourth-order valence-electron chi connectivity index (χ4n) is 2.63. The summed E-state index contributed by atoms with van der Waals surface area (Å²) in [5.74, 6) is -0.720.